The Labute approximate surface area is 160 Å². The number of imide groups is 1. The number of halogens is 2. The number of esters is 1. The first-order valence-electron chi connectivity index (χ1n) is 8.49. The van der Waals surface area contributed by atoms with Gasteiger partial charge in [0, 0.05) is 18.8 Å². The molecule has 5 nitrogen and oxygen atoms in total. The van der Waals surface area contributed by atoms with Gasteiger partial charge >= 0.3 is 5.97 Å². The highest BCUT2D eigenvalue weighted by Gasteiger charge is 2.36. The molecule has 0 atom stereocenters. The maximum absolute atomic E-state index is 14.4. The van der Waals surface area contributed by atoms with Crippen molar-refractivity contribution >= 4 is 35.1 Å². The lowest BCUT2D eigenvalue weighted by Gasteiger charge is -2.30. The van der Waals surface area contributed by atoms with Gasteiger partial charge in [0.05, 0.1) is 22.9 Å². The predicted octanol–water partition coefficient (Wildman–Crippen LogP) is 4.09. The normalized spacial score (nSPS) is 15.1. The average molecular weight is 390 g/mol. The molecule has 27 heavy (non-hydrogen) atoms. The van der Waals surface area contributed by atoms with Crippen LogP contribution in [0.15, 0.2) is 42.5 Å². The van der Waals surface area contributed by atoms with Gasteiger partial charge in [-0.15, -0.1) is 0 Å². The van der Waals surface area contributed by atoms with E-state index in [2.05, 4.69) is 0 Å². The monoisotopic (exact) mass is 389 g/mol. The van der Waals surface area contributed by atoms with Gasteiger partial charge in [-0.05, 0) is 24.6 Å². The minimum atomic E-state index is -0.854. The second-order valence-electron chi connectivity index (χ2n) is 6.14. The van der Waals surface area contributed by atoms with Crippen LogP contribution < -0.4 is 4.90 Å². The summed E-state index contributed by atoms with van der Waals surface area (Å²) in [6.45, 7) is 1.74. The van der Waals surface area contributed by atoms with Crippen molar-refractivity contribution in [1.82, 2.24) is 0 Å². The summed E-state index contributed by atoms with van der Waals surface area (Å²) in [4.78, 5) is 38.0. The average Bonchev–Trinajstić information content (AvgIpc) is 2.63. The molecule has 1 heterocycles. The lowest BCUT2D eigenvalue weighted by atomic mass is 9.88. The van der Waals surface area contributed by atoms with Crippen LogP contribution in [-0.2, 0) is 14.3 Å². The van der Waals surface area contributed by atoms with Gasteiger partial charge in [0.2, 0.25) is 11.8 Å². The Morgan fingerprint density at radius 3 is 2.41 bits per heavy atom. The second kappa shape index (κ2) is 7.88. The van der Waals surface area contributed by atoms with Gasteiger partial charge in [-0.3, -0.25) is 9.59 Å². The number of amides is 2. The maximum atomic E-state index is 14.4. The Morgan fingerprint density at radius 2 is 1.81 bits per heavy atom. The van der Waals surface area contributed by atoms with Gasteiger partial charge in [-0.2, -0.15) is 0 Å². The Morgan fingerprint density at radius 1 is 1.19 bits per heavy atom. The molecule has 0 unspecified atom stereocenters. The molecule has 0 spiro atoms. The van der Waals surface area contributed by atoms with Crippen LogP contribution in [0.4, 0.5) is 10.1 Å². The number of carbonyl (C=O) groups excluding carboxylic acids is 3. The van der Waals surface area contributed by atoms with E-state index >= 15 is 0 Å². The summed E-state index contributed by atoms with van der Waals surface area (Å²) < 4.78 is 19.3. The topological polar surface area (TPSA) is 63.7 Å². The van der Waals surface area contributed by atoms with Crippen molar-refractivity contribution in [2.24, 2.45) is 0 Å². The van der Waals surface area contributed by atoms with E-state index in [1.165, 1.54) is 0 Å². The van der Waals surface area contributed by atoms with Crippen LogP contribution in [0.3, 0.4) is 0 Å². The number of anilines is 1. The molecule has 3 rings (SSSR count). The Balaban J connectivity index is 1.93. The number of rotatable bonds is 4. The molecule has 2 amide bonds. The van der Waals surface area contributed by atoms with Gasteiger partial charge in [-0.25, -0.2) is 14.1 Å². The first-order valence-corrected chi connectivity index (χ1v) is 8.87. The highest BCUT2D eigenvalue weighted by atomic mass is 35.5. The lowest BCUT2D eigenvalue weighted by Crippen LogP contribution is -2.43. The summed E-state index contributed by atoms with van der Waals surface area (Å²) in [7, 11) is 0. The van der Waals surface area contributed by atoms with E-state index in [-0.39, 0.29) is 41.6 Å². The fourth-order valence-electron chi connectivity index (χ4n) is 3.12. The standard InChI is InChI=1S/C20H17ClFNO4/c1-2-27-20(26)14-10-17(16(22)11-15(14)21)23-18(24)8-13(9-19(23)25)12-6-4-3-5-7-12/h3-7,10-11,13H,2,8-9H2,1H3. The lowest BCUT2D eigenvalue weighted by molar-refractivity contribution is -0.129. The van der Waals surface area contributed by atoms with Crippen molar-refractivity contribution in [3.05, 3.63) is 64.4 Å². The third kappa shape index (κ3) is 3.85. The molecule has 0 bridgehead atoms. The van der Waals surface area contributed by atoms with E-state index in [1.54, 1.807) is 6.92 Å². The number of ether oxygens (including phenoxy) is 1. The third-order valence-corrected chi connectivity index (χ3v) is 4.70. The van der Waals surface area contributed by atoms with Crippen molar-refractivity contribution in [1.29, 1.82) is 0 Å². The van der Waals surface area contributed by atoms with E-state index in [0.29, 0.717) is 0 Å². The third-order valence-electron chi connectivity index (χ3n) is 4.38. The molecule has 2 aromatic carbocycles. The van der Waals surface area contributed by atoms with Crippen molar-refractivity contribution in [2.45, 2.75) is 25.7 Å². The van der Waals surface area contributed by atoms with E-state index in [9.17, 15) is 18.8 Å². The first-order chi connectivity index (χ1) is 12.9. The molecule has 0 aliphatic carbocycles. The molecule has 0 aromatic heterocycles. The van der Waals surface area contributed by atoms with E-state index in [4.69, 9.17) is 16.3 Å². The molecule has 1 fully saturated rings. The van der Waals surface area contributed by atoms with Gasteiger partial charge in [0.15, 0.2) is 0 Å². The maximum Gasteiger partial charge on any atom is 0.339 e. The number of hydrogen-bond donors (Lipinski definition) is 0. The number of carbonyl (C=O) groups is 3. The molecule has 1 aliphatic heterocycles. The zero-order valence-electron chi connectivity index (χ0n) is 14.6. The molecule has 0 radical (unpaired) electrons. The highest BCUT2D eigenvalue weighted by molar-refractivity contribution is 6.34. The molecule has 0 saturated carbocycles. The van der Waals surface area contributed by atoms with Crippen molar-refractivity contribution in [2.75, 3.05) is 11.5 Å². The van der Waals surface area contributed by atoms with Gasteiger partial charge in [0.1, 0.15) is 5.82 Å². The summed E-state index contributed by atoms with van der Waals surface area (Å²) >= 11 is 5.92. The molecule has 7 heteroatoms. The SMILES string of the molecule is CCOC(=O)c1cc(N2C(=O)CC(c3ccccc3)CC2=O)c(F)cc1Cl. The highest BCUT2D eigenvalue weighted by Crippen LogP contribution is 2.35. The molecule has 2 aromatic rings. The van der Waals surface area contributed by atoms with E-state index < -0.39 is 23.6 Å². The number of piperidine rings is 1. The zero-order chi connectivity index (χ0) is 19.6. The fraction of sp³-hybridized carbons (Fsp3) is 0.250. The van der Waals surface area contributed by atoms with Gasteiger partial charge in [-0.1, -0.05) is 41.9 Å². The molecule has 0 N–H and O–H groups in total. The van der Waals surface area contributed by atoms with Crippen LogP contribution in [0.1, 0.15) is 41.6 Å². The van der Waals surface area contributed by atoms with Gasteiger partial charge < -0.3 is 4.74 Å². The second-order valence-corrected chi connectivity index (χ2v) is 6.55. The summed E-state index contributed by atoms with van der Waals surface area (Å²) in [5, 5.41) is -0.145. The van der Waals surface area contributed by atoms with Crippen LogP contribution in [0.2, 0.25) is 5.02 Å². The molecule has 140 valence electrons. The summed E-state index contributed by atoms with van der Waals surface area (Å²) in [5.74, 6) is -2.93. The van der Waals surface area contributed by atoms with E-state index in [0.717, 1.165) is 22.6 Å². The zero-order valence-corrected chi connectivity index (χ0v) is 15.3. The molecular formula is C20H17ClFNO4. The minimum Gasteiger partial charge on any atom is -0.462 e. The molecule has 1 aliphatic rings. The summed E-state index contributed by atoms with van der Waals surface area (Å²) in [5.41, 5.74) is 0.493. The largest absolute Gasteiger partial charge is 0.462 e. The molecular weight excluding hydrogens is 373 g/mol. The fourth-order valence-corrected chi connectivity index (χ4v) is 3.35. The predicted molar refractivity (Wildman–Crippen MR) is 98.3 cm³/mol. The summed E-state index contributed by atoms with van der Waals surface area (Å²) in [6.07, 6.45) is 0.124. The molecule has 1 saturated heterocycles. The first kappa shape index (κ1) is 19.0. The van der Waals surface area contributed by atoms with Gasteiger partial charge in [0.25, 0.3) is 0 Å². The van der Waals surface area contributed by atoms with Crippen LogP contribution in [-0.4, -0.2) is 24.4 Å². The van der Waals surface area contributed by atoms with Crippen LogP contribution in [0, 0.1) is 5.82 Å². The van der Waals surface area contributed by atoms with Crippen molar-refractivity contribution in [3.8, 4) is 0 Å². The van der Waals surface area contributed by atoms with Crippen LogP contribution >= 0.6 is 11.6 Å². The quantitative estimate of drug-likeness (QED) is 0.583. The Bertz CT molecular complexity index is 882. The Hall–Kier alpha value is -2.73. The van der Waals surface area contributed by atoms with Crippen LogP contribution in [0.25, 0.3) is 0 Å². The van der Waals surface area contributed by atoms with Crippen LogP contribution in [0.5, 0.6) is 0 Å². The van der Waals surface area contributed by atoms with E-state index in [1.807, 2.05) is 30.3 Å². The number of benzene rings is 2. The van der Waals surface area contributed by atoms with Crippen molar-refractivity contribution in [3.63, 3.8) is 0 Å². The Kier molecular flexibility index (Phi) is 5.56. The minimum absolute atomic E-state index is 0.0621. The summed E-state index contributed by atoms with van der Waals surface area (Å²) in [6, 6.07) is 11.2. The van der Waals surface area contributed by atoms with Crippen molar-refractivity contribution < 1.29 is 23.5 Å². The number of hydrogen-bond acceptors (Lipinski definition) is 4. The smallest absolute Gasteiger partial charge is 0.339 e. The number of nitrogens with zero attached hydrogens (tertiary/aromatic N) is 1.